The number of aromatic nitrogens is 2. The molecule has 2 aromatic rings. The van der Waals surface area contributed by atoms with Gasteiger partial charge in [-0.05, 0) is 30.4 Å². The Morgan fingerprint density at radius 3 is 2.44 bits per heavy atom. The van der Waals surface area contributed by atoms with Crippen LogP contribution in [0, 0.1) is 0 Å². The molecule has 0 aliphatic carbocycles. The molecule has 4 heteroatoms. The third kappa shape index (κ3) is 7.75. The zero-order valence-corrected chi connectivity index (χ0v) is 14.9. The van der Waals surface area contributed by atoms with Gasteiger partial charge in [0.05, 0.1) is 0 Å². The lowest BCUT2D eigenvalue weighted by atomic mass is 10.1. The van der Waals surface area contributed by atoms with Crippen molar-refractivity contribution >= 4 is 5.97 Å². The number of benzene rings is 1. The minimum Gasteiger partial charge on any atom is -0.388 e. The summed E-state index contributed by atoms with van der Waals surface area (Å²) in [6, 6.07) is 10.0. The van der Waals surface area contributed by atoms with E-state index in [2.05, 4.69) is 16.9 Å². The Morgan fingerprint density at radius 2 is 1.72 bits per heavy atom. The summed E-state index contributed by atoms with van der Waals surface area (Å²) in [5.74, 6) is -0.455. The lowest BCUT2D eigenvalue weighted by Crippen LogP contribution is -2.07. The zero-order valence-electron chi connectivity index (χ0n) is 14.9. The van der Waals surface area contributed by atoms with Crippen molar-refractivity contribution < 1.29 is 9.53 Å². The third-order valence-corrected chi connectivity index (χ3v) is 3.89. The van der Waals surface area contributed by atoms with Gasteiger partial charge in [0, 0.05) is 18.5 Å². The Labute approximate surface area is 150 Å². The lowest BCUT2D eigenvalue weighted by Gasteiger charge is -2.02. The first-order chi connectivity index (χ1) is 12.3. The number of aryl methyl sites for hydroxylation is 1. The second-order valence-electron chi connectivity index (χ2n) is 6.05. The second-order valence-corrected chi connectivity index (χ2v) is 6.05. The van der Waals surface area contributed by atoms with E-state index >= 15 is 0 Å². The molecule has 0 radical (unpaired) electrons. The van der Waals surface area contributed by atoms with Gasteiger partial charge in [0.25, 0.3) is 0 Å². The van der Waals surface area contributed by atoms with Crippen LogP contribution in [0.25, 0.3) is 0 Å². The molecule has 1 heterocycles. The van der Waals surface area contributed by atoms with Gasteiger partial charge in [0.2, 0.25) is 0 Å². The molecule has 0 amide bonds. The van der Waals surface area contributed by atoms with Crippen molar-refractivity contribution in [1.29, 1.82) is 0 Å². The quantitative estimate of drug-likeness (QED) is 0.358. The average molecular weight is 338 g/mol. The van der Waals surface area contributed by atoms with Crippen LogP contribution < -0.4 is 4.74 Å². The van der Waals surface area contributed by atoms with Crippen molar-refractivity contribution in [1.82, 2.24) is 9.97 Å². The Bertz CT molecular complexity index is 651. The standard InChI is InChI=1S/C21H26N2O2/c1-2-3-4-5-7-13-19-16-22-21(23-17-19)25-20(24)15-10-14-18-11-8-6-9-12-18/h6,8-12,15-17H,2-5,7,13-14H2,1H3/b15-10+. The molecule has 0 atom stereocenters. The molecular weight excluding hydrogens is 312 g/mol. The highest BCUT2D eigenvalue weighted by Gasteiger charge is 2.04. The third-order valence-electron chi connectivity index (χ3n) is 3.89. The molecule has 0 unspecified atom stereocenters. The SMILES string of the molecule is CCCCCCCc1cnc(OC(=O)/C=C/Cc2ccccc2)nc1. The summed E-state index contributed by atoms with van der Waals surface area (Å²) in [5, 5.41) is 0. The number of unbranched alkanes of at least 4 members (excludes halogenated alkanes) is 4. The van der Waals surface area contributed by atoms with Crippen LogP contribution in [-0.4, -0.2) is 15.9 Å². The summed E-state index contributed by atoms with van der Waals surface area (Å²) < 4.78 is 5.12. The highest BCUT2D eigenvalue weighted by Crippen LogP contribution is 2.09. The van der Waals surface area contributed by atoms with Crippen molar-refractivity contribution in [3.05, 3.63) is 66.0 Å². The molecule has 0 fully saturated rings. The highest BCUT2D eigenvalue weighted by molar-refractivity contribution is 5.83. The Balaban J connectivity index is 1.71. The van der Waals surface area contributed by atoms with Gasteiger partial charge in [-0.15, -0.1) is 0 Å². The van der Waals surface area contributed by atoms with E-state index in [1.807, 2.05) is 30.3 Å². The van der Waals surface area contributed by atoms with Crippen LogP contribution in [0.4, 0.5) is 0 Å². The monoisotopic (exact) mass is 338 g/mol. The predicted octanol–water partition coefficient (Wildman–Crippen LogP) is 4.69. The maximum atomic E-state index is 11.8. The van der Waals surface area contributed by atoms with Crippen LogP contribution in [0.2, 0.25) is 0 Å². The van der Waals surface area contributed by atoms with E-state index in [4.69, 9.17) is 4.74 Å². The number of rotatable bonds is 10. The number of allylic oxidation sites excluding steroid dienone is 1. The molecule has 0 saturated carbocycles. The van der Waals surface area contributed by atoms with Crippen molar-refractivity contribution in [3.63, 3.8) is 0 Å². The predicted molar refractivity (Wildman–Crippen MR) is 99.4 cm³/mol. The summed E-state index contributed by atoms with van der Waals surface area (Å²) in [7, 11) is 0. The smallest absolute Gasteiger partial charge is 0.338 e. The van der Waals surface area contributed by atoms with Crippen molar-refractivity contribution in [2.45, 2.75) is 51.9 Å². The van der Waals surface area contributed by atoms with Crippen molar-refractivity contribution in [3.8, 4) is 6.01 Å². The molecule has 0 saturated heterocycles. The zero-order chi connectivity index (χ0) is 17.7. The first-order valence-corrected chi connectivity index (χ1v) is 9.01. The Hall–Kier alpha value is -2.49. The molecular formula is C21H26N2O2. The van der Waals surface area contributed by atoms with Crippen molar-refractivity contribution in [2.75, 3.05) is 0 Å². The van der Waals surface area contributed by atoms with Gasteiger partial charge in [-0.25, -0.2) is 14.8 Å². The van der Waals surface area contributed by atoms with E-state index in [0.29, 0.717) is 6.42 Å². The number of esters is 1. The van der Waals surface area contributed by atoms with E-state index in [-0.39, 0.29) is 6.01 Å². The fourth-order valence-electron chi connectivity index (χ4n) is 2.49. The van der Waals surface area contributed by atoms with Crippen LogP contribution in [0.3, 0.4) is 0 Å². The van der Waals surface area contributed by atoms with Gasteiger partial charge < -0.3 is 4.74 Å². The number of ether oxygens (including phenoxy) is 1. The maximum absolute atomic E-state index is 11.8. The Morgan fingerprint density at radius 1 is 1.00 bits per heavy atom. The highest BCUT2D eigenvalue weighted by atomic mass is 16.5. The van der Waals surface area contributed by atoms with Crippen molar-refractivity contribution in [2.24, 2.45) is 0 Å². The summed E-state index contributed by atoms with van der Waals surface area (Å²) in [5.41, 5.74) is 2.22. The molecule has 2 rings (SSSR count). The lowest BCUT2D eigenvalue weighted by molar-refractivity contribution is -0.129. The fraction of sp³-hybridized carbons (Fsp3) is 0.381. The summed E-state index contributed by atoms with van der Waals surface area (Å²) in [6.45, 7) is 2.21. The minimum atomic E-state index is -0.455. The maximum Gasteiger partial charge on any atom is 0.338 e. The first-order valence-electron chi connectivity index (χ1n) is 9.01. The number of hydrogen-bond donors (Lipinski definition) is 0. The van der Waals surface area contributed by atoms with Crippen LogP contribution in [0.1, 0.15) is 50.2 Å². The molecule has 0 spiro atoms. The molecule has 0 aliphatic rings. The van der Waals surface area contributed by atoms with E-state index in [9.17, 15) is 4.79 Å². The first kappa shape index (κ1) is 18.8. The summed E-state index contributed by atoms with van der Waals surface area (Å²) in [4.78, 5) is 20.0. The van der Waals surface area contributed by atoms with Gasteiger partial charge >= 0.3 is 12.0 Å². The van der Waals surface area contributed by atoms with Gasteiger partial charge in [-0.1, -0.05) is 69.0 Å². The summed E-state index contributed by atoms with van der Waals surface area (Å²) >= 11 is 0. The van der Waals surface area contributed by atoms with E-state index in [0.717, 1.165) is 24.0 Å². The molecule has 0 bridgehead atoms. The van der Waals surface area contributed by atoms with Gasteiger partial charge in [0.15, 0.2) is 0 Å². The van der Waals surface area contributed by atoms with Crippen LogP contribution in [0.5, 0.6) is 6.01 Å². The normalized spacial score (nSPS) is 10.9. The van der Waals surface area contributed by atoms with E-state index in [1.165, 1.54) is 31.8 Å². The van der Waals surface area contributed by atoms with E-state index < -0.39 is 5.97 Å². The molecule has 0 aliphatic heterocycles. The number of hydrogen-bond acceptors (Lipinski definition) is 4. The summed E-state index contributed by atoms with van der Waals surface area (Å²) in [6.07, 6.45) is 14.5. The molecule has 1 aromatic heterocycles. The van der Waals surface area contributed by atoms with Crippen LogP contribution >= 0.6 is 0 Å². The number of carbonyl (C=O) groups is 1. The van der Waals surface area contributed by atoms with Crippen LogP contribution in [0.15, 0.2) is 54.9 Å². The van der Waals surface area contributed by atoms with Crippen LogP contribution in [-0.2, 0) is 17.6 Å². The Kier molecular flexibility index (Phi) is 8.39. The largest absolute Gasteiger partial charge is 0.388 e. The van der Waals surface area contributed by atoms with E-state index in [1.54, 1.807) is 18.5 Å². The molecule has 25 heavy (non-hydrogen) atoms. The molecule has 1 aromatic carbocycles. The topological polar surface area (TPSA) is 52.1 Å². The number of nitrogens with zero attached hydrogens (tertiary/aromatic N) is 2. The molecule has 4 nitrogen and oxygen atoms in total. The molecule has 0 N–H and O–H groups in total. The fourth-order valence-corrected chi connectivity index (χ4v) is 2.49. The minimum absolute atomic E-state index is 0.101. The second kappa shape index (κ2) is 11.1. The number of carbonyl (C=O) groups excluding carboxylic acids is 1. The van der Waals surface area contributed by atoms with Gasteiger partial charge in [-0.2, -0.15) is 0 Å². The van der Waals surface area contributed by atoms with Gasteiger partial charge in [0.1, 0.15) is 0 Å². The van der Waals surface area contributed by atoms with Gasteiger partial charge in [-0.3, -0.25) is 0 Å². The average Bonchev–Trinajstić information content (AvgIpc) is 2.64. The molecule has 132 valence electrons.